The van der Waals surface area contributed by atoms with Crippen LogP contribution in [0, 0.1) is 0 Å². The third kappa shape index (κ3) is 4.42. The van der Waals surface area contributed by atoms with Crippen LogP contribution in [0.15, 0.2) is 36.4 Å². The van der Waals surface area contributed by atoms with Gasteiger partial charge in [0.1, 0.15) is 41.3 Å². The maximum atomic E-state index is 10.0. The van der Waals surface area contributed by atoms with Crippen molar-refractivity contribution in [3.8, 4) is 23.0 Å². The SMILES string of the molecule is Oc1ccc(CCc2ccc(O)cc2O[C@@H]2OC[C@@H](O)[C@@H](O)[C@H]2O)c(O)c1. The zero-order valence-corrected chi connectivity index (χ0v) is 14.4. The summed E-state index contributed by atoms with van der Waals surface area (Å²) in [5, 5.41) is 58.3. The van der Waals surface area contributed by atoms with E-state index >= 15 is 0 Å². The summed E-state index contributed by atoms with van der Waals surface area (Å²) in [6.45, 7) is -0.196. The van der Waals surface area contributed by atoms with E-state index in [4.69, 9.17) is 9.47 Å². The van der Waals surface area contributed by atoms with Gasteiger partial charge in [-0.3, -0.25) is 0 Å². The number of rotatable bonds is 5. The topological polar surface area (TPSA) is 140 Å². The van der Waals surface area contributed by atoms with Crippen molar-refractivity contribution in [2.24, 2.45) is 0 Å². The lowest BCUT2D eigenvalue weighted by Gasteiger charge is -2.35. The van der Waals surface area contributed by atoms with Crippen molar-refractivity contribution in [3.63, 3.8) is 0 Å². The third-order valence-electron chi connectivity index (χ3n) is 4.48. The molecule has 0 unspecified atom stereocenters. The van der Waals surface area contributed by atoms with Gasteiger partial charge in [0.2, 0.25) is 6.29 Å². The van der Waals surface area contributed by atoms with Crippen LogP contribution in [0.4, 0.5) is 0 Å². The number of hydrogen-bond donors (Lipinski definition) is 6. The van der Waals surface area contributed by atoms with E-state index in [0.29, 0.717) is 24.0 Å². The van der Waals surface area contributed by atoms with Crippen LogP contribution in [0.5, 0.6) is 23.0 Å². The number of aliphatic hydroxyl groups is 3. The summed E-state index contributed by atoms with van der Waals surface area (Å²) in [6, 6.07) is 8.82. The molecule has 0 radical (unpaired) electrons. The van der Waals surface area contributed by atoms with Gasteiger partial charge in [-0.2, -0.15) is 0 Å². The van der Waals surface area contributed by atoms with Gasteiger partial charge in [0.05, 0.1) is 6.61 Å². The minimum atomic E-state index is -1.45. The van der Waals surface area contributed by atoms with Crippen LogP contribution in [0.25, 0.3) is 0 Å². The average Bonchev–Trinajstić information content (AvgIpc) is 2.63. The lowest BCUT2D eigenvalue weighted by atomic mass is 10.0. The molecule has 0 amide bonds. The number of ether oxygens (including phenoxy) is 2. The van der Waals surface area contributed by atoms with Gasteiger partial charge in [-0.05, 0) is 36.1 Å². The summed E-state index contributed by atoms with van der Waals surface area (Å²) < 4.78 is 10.9. The Morgan fingerprint density at radius 3 is 2.19 bits per heavy atom. The van der Waals surface area contributed by atoms with E-state index in [1.54, 1.807) is 12.1 Å². The van der Waals surface area contributed by atoms with E-state index < -0.39 is 24.6 Å². The smallest absolute Gasteiger partial charge is 0.228 e. The highest BCUT2D eigenvalue weighted by Crippen LogP contribution is 2.30. The Morgan fingerprint density at radius 1 is 0.852 bits per heavy atom. The highest BCUT2D eigenvalue weighted by atomic mass is 16.7. The molecule has 1 fully saturated rings. The monoisotopic (exact) mass is 378 g/mol. The maximum Gasteiger partial charge on any atom is 0.228 e. The zero-order valence-electron chi connectivity index (χ0n) is 14.4. The molecule has 1 heterocycles. The van der Waals surface area contributed by atoms with Gasteiger partial charge in [0, 0.05) is 12.1 Å². The Labute approximate surface area is 155 Å². The van der Waals surface area contributed by atoms with Gasteiger partial charge in [-0.25, -0.2) is 0 Å². The number of hydrogen-bond acceptors (Lipinski definition) is 8. The van der Waals surface area contributed by atoms with E-state index in [-0.39, 0.29) is 29.6 Å². The molecule has 4 atom stereocenters. The van der Waals surface area contributed by atoms with Gasteiger partial charge >= 0.3 is 0 Å². The normalized spacial score (nSPS) is 25.3. The van der Waals surface area contributed by atoms with Crippen LogP contribution in [0.1, 0.15) is 11.1 Å². The van der Waals surface area contributed by atoms with E-state index in [1.165, 1.54) is 24.3 Å². The molecule has 0 aromatic heterocycles. The van der Waals surface area contributed by atoms with Gasteiger partial charge in [0.25, 0.3) is 0 Å². The Hall–Kier alpha value is -2.52. The van der Waals surface area contributed by atoms with E-state index in [2.05, 4.69) is 0 Å². The second kappa shape index (κ2) is 8.01. The molecule has 0 spiro atoms. The second-order valence-electron chi connectivity index (χ2n) is 6.47. The number of aryl methyl sites for hydroxylation is 2. The second-order valence-corrected chi connectivity index (χ2v) is 6.47. The molecule has 2 aromatic carbocycles. The lowest BCUT2D eigenvalue weighted by molar-refractivity contribution is -0.242. The molecular formula is C19H22O8. The van der Waals surface area contributed by atoms with Crippen molar-refractivity contribution >= 4 is 0 Å². The molecule has 0 aliphatic carbocycles. The van der Waals surface area contributed by atoms with Gasteiger partial charge < -0.3 is 40.1 Å². The van der Waals surface area contributed by atoms with Crippen LogP contribution in [-0.2, 0) is 17.6 Å². The number of phenols is 3. The minimum Gasteiger partial charge on any atom is -0.508 e. The van der Waals surface area contributed by atoms with Crippen LogP contribution in [0.2, 0.25) is 0 Å². The first-order valence-corrected chi connectivity index (χ1v) is 8.50. The Morgan fingerprint density at radius 2 is 1.48 bits per heavy atom. The first-order chi connectivity index (χ1) is 12.8. The zero-order chi connectivity index (χ0) is 19.6. The quantitative estimate of drug-likeness (QED) is 0.440. The fraction of sp³-hybridized carbons (Fsp3) is 0.368. The summed E-state index contributed by atoms with van der Waals surface area (Å²) in [5.74, 6) is 0.140. The molecule has 6 N–H and O–H groups in total. The Balaban J connectivity index is 1.75. The molecule has 27 heavy (non-hydrogen) atoms. The van der Waals surface area contributed by atoms with Crippen molar-refractivity contribution in [1.82, 2.24) is 0 Å². The average molecular weight is 378 g/mol. The van der Waals surface area contributed by atoms with Crippen molar-refractivity contribution in [2.45, 2.75) is 37.4 Å². The summed E-state index contributed by atoms with van der Waals surface area (Å²) in [5.41, 5.74) is 1.30. The highest BCUT2D eigenvalue weighted by Gasteiger charge is 2.39. The fourth-order valence-electron chi connectivity index (χ4n) is 2.90. The summed E-state index contributed by atoms with van der Waals surface area (Å²) in [7, 11) is 0. The third-order valence-corrected chi connectivity index (χ3v) is 4.48. The molecule has 1 aliphatic rings. The molecular weight excluding hydrogens is 356 g/mol. The minimum absolute atomic E-state index is 0.0283. The maximum absolute atomic E-state index is 10.0. The van der Waals surface area contributed by atoms with Crippen molar-refractivity contribution in [2.75, 3.05) is 6.61 Å². The largest absolute Gasteiger partial charge is 0.508 e. The molecule has 3 rings (SSSR count). The Kier molecular flexibility index (Phi) is 5.71. The highest BCUT2D eigenvalue weighted by molar-refractivity contribution is 5.43. The van der Waals surface area contributed by atoms with Crippen molar-refractivity contribution in [3.05, 3.63) is 47.5 Å². The Bertz CT molecular complexity index is 793. The first kappa shape index (κ1) is 19.2. The van der Waals surface area contributed by atoms with Crippen LogP contribution < -0.4 is 4.74 Å². The molecule has 8 heteroatoms. The molecule has 1 aliphatic heterocycles. The molecule has 2 aromatic rings. The standard InChI is InChI=1S/C19H22O8/c20-12-5-3-10(14(22)7-12)1-2-11-4-6-13(21)8-16(11)27-19-18(25)17(24)15(23)9-26-19/h3-8,15,17-25H,1-2,9H2/t15-,17-,18-,19+/m1/s1. The predicted molar refractivity (Wildman–Crippen MR) is 93.7 cm³/mol. The molecule has 1 saturated heterocycles. The number of phenolic OH excluding ortho intramolecular Hbond substituents is 3. The molecule has 8 nitrogen and oxygen atoms in total. The predicted octanol–water partition coefficient (Wildman–Crippen LogP) is 0.406. The first-order valence-electron chi connectivity index (χ1n) is 8.50. The van der Waals surface area contributed by atoms with Crippen LogP contribution in [0.3, 0.4) is 0 Å². The van der Waals surface area contributed by atoms with Gasteiger partial charge in [-0.15, -0.1) is 0 Å². The van der Waals surface area contributed by atoms with Gasteiger partial charge in [0.15, 0.2) is 0 Å². The molecule has 0 saturated carbocycles. The fourth-order valence-corrected chi connectivity index (χ4v) is 2.90. The van der Waals surface area contributed by atoms with Crippen LogP contribution in [-0.4, -0.2) is 61.8 Å². The molecule has 146 valence electrons. The van der Waals surface area contributed by atoms with Crippen molar-refractivity contribution in [1.29, 1.82) is 0 Å². The van der Waals surface area contributed by atoms with Gasteiger partial charge in [-0.1, -0.05) is 12.1 Å². The summed E-state index contributed by atoms with van der Waals surface area (Å²) in [6.07, 6.45) is -4.40. The summed E-state index contributed by atoms with van der Waals surface area (Å²) >= 11 is 0. The lowest BCUT2D eigenvalue weighted by Crippen LogP contribution is -2.54. The van der Waals surface area contributed by atoms with E-state index in [9.17, 15) is 30.6 Å². The number of aliphatic hydroxyl groups excluding tert-OH is 3. The van der Waals surface area contributed by atoms with E-state index in [0.717, 1.165) is 0 Å². The number of benzene rings is 2. The molecule has 0 bridgehead atoms. The number of aromatic hydroxyl groups is 3. The summed E-state index contributed by atoms with van der Waals surface area (Å²) in [4.78, 5) is 0. The van der Waals surface area contributed by atoms with Crippen LogP contribution >= 0.6 is 0 Å². The van der Waals surface area contributed by atoms with E-state index in [1.807, 2.05) is 0 Å². The van der Waals surface area contributed by atoms with Crippen molar-refractivity contribution < 1.29 is 40.1 Å².